The van der Waals surface area contributed by atoms with Gasteiger partial charge in [-0.3, -0.25) is 4.79 Å². The molecule has 0 fully saturated rings. The van der Waals surface area contributed by atoms with Crippen LogP contribution in [0.4, 0.5) is 0 Å². The summed E-state index contributed by atoms with van der Waals surface area (Å²) in [5, 5.41) is 0. The van der Waals surface area contributed by atoms with E-state index in [4.69, 9.17) is 4.98 Å². The molecule has 0 bridgehead atoms. The number of carbonyl (C=O) groups excluding carboxylic acids is 1. The first-order valence-corrected chi connectivity index (χ1v) is 8.57. The second-order valence-corrected chi connectivity index (χ2v) is 5.93. The molecule has 0 saturated carbocycles. The number of nitrogens with zero attached hydrogens (tertiary/aromatic N) is 3. The van der Waals surface area contributed by atoms with Gasteiger partial charge >= 0.3 is 0 Å². The van der Waals surface area contributed by atoms with Gasteiger partial charge in [0, 0.05) is 31.0 Å². The molecule has 2 aromatic heterocycles. The van der Waals surface area contributed by atoms with Crippen LogP contribution in [0.1, 0.15) is 37.2 Å². The Morgan fingerprint density at radius 3 is 2.42 bits per heavy atom. The molecule has 0 spiro atoms. The van der Waals surface area contributed by atoms with Crippen molar-refractivity contribution in [1.29, 1.82) is 0 Å². The van der Waals surface area contributed by atoms with Crippen LogP contribution in [-0.2, 0) is 0 Å². The minimum Gasteiger partial charge on any atom is -0.337 e. The lowest BCUT2D eigenvalue weighted by atomic mass is 10.1. The highest BCUT2D eigenvalue weighted by molar-refractivity contribution is 5.93. The summed E-state index contributed by atoms with van der Waals surface area (Å²) in [5.74, 6) is 0.00600. The highest BCUT2D eigenvalue weighted by atomic mass is 16.2. The minimum absolute atomic E-state index is 0.00600. The Morgan fingerprint density at radius 1 is 1.04 bits per heavy atom. The van der Waals surface area contributed by atoms with Crippen molar-refractivity contribution in [3.05, 3.63) is 60.6 Å². The fourth-order valence-corrected chi connectivity index (χ4v) is 2.97. The van der Waals surface area contributed by atoms with E-state index in [1.807, 2.05) is 64.2 Å². The molecule has 1 amide bonds. The van der Waals surface area contributed by atoms with Crippen molar-refractivity contribution in [2.45, 2.75) is 26.7 Å². The van der Waals surface area contributed by atoms with E-state index in [-0.39, 0.29) is 5.91 Å². The molecule has 4 heteroatoms. The number of carbonyl (C=O) groups is 1. The number of rotatable bonds is 6. The van der Waals surface area contributed by atoms with Crippen molar-refractivity contribution in [1.82, 2.24) is 14.3 Å². The molecule has 0 atom stereocenters. The molecule has 4 nitrogen and oxygen atoms in total. The lowest BCUT2D eigenvalue weighted by Gasteiger charge is -2.21. The van der Waals surface area contributed by atoms with Crippen molar-refractivity contribution in [2.24, 2.45) is 0 Å². The summed E-state index contributed by atoms with van der Waals surface area (Å²) in [6.45, 7) is 5.71. The fraction of sp³-hybridized carbons (Fsp3) is 0.300. The zero-order chi connectivity index (χ0) is 16.9. The van der Waals surface area contributed by atoms with Crippen LogP contribution in [0.2, 0.25) is 0 Å². The van der Waals surface area contributed by atoms with Gasteiger partial charge in [0.2, 0.25) is 0 Å². The molecule has 0 aliphatic heterocycles. The maximum atomic E-state index is 12.9. The van der Waals surface area contributed by atoms with Gasteiger partial charge in [-0.2, -0.15) is 0 Å². The number of aromatic nitrogens is 2. The van der Waals surface area contributed by atoms with Gasteiger partial charge in [-0.15, -0.1) is 0 Å². The van der Waals surface area contributed by atoms with Crippen LogP contribution in [0.15, 0.2) is 54.9 Å². The highest BCUT2D eigenvalue weighted by Crippen LogP contribution is 2.23. The smallest absolute Gasteiger partial charge is 0.274 e. The molecule has 0 aliphatic rings. The van der Waals surface area contributed by atoms with E-state index in [1.165, 1.54) is 0 Å². The second kappa shape index (κ2) is 7.30. The number of amides is 1. The summed E-state index contributed by atoms with van der Waals surface area (Å²) >= 11 is 0. The van der Waals surface area contributed by atoms with E-state index < -0.39 is 0 Å². The number of hydrogen-bond acceptors (Lipinski definition) is 2. The van der Waals surface area contributed by atoms with Gasteiger partial charge in [0.1, 0.15) is 5.69 Å². The van der Waals surface area contributed by atoms with Crippen molar-refractivity contribution in [2.75, 3.05) is 13.1 Å². The topological polar surface area (TPSA) is 37.6 Å². The van der Waals surface area contributed by atoms with Gasteiger partial charge in [-0.25, -0.2) is 4.98 Å². The van der Waals surface area contributed by atoms with Crippen molar-refractivity contribution in [3.8, 4) is 11.3 Å². The number of fused-ring (bicyclic) bond motifs is 1. The Morgan fingerprint density at radius 2 is 1.75 bits per heavy atom. The van der Waals surface area contributed by atoms with Gasteiger partial charge in [0.25, 0.3) is 5.91 Å². The third-order valence-corrected chi connectivity index (χ3v) is 4.06. The van der Waals surface area contributed by atoms with Crippen LogP contribution in [0.5, 0.6) is 0 Å². The maximum absolute atomic E-state index is 12.9. The van der Waals surface area contributed by atoms with Crippen LogP contribution in [0, 0.1) is 0 Å². The first kappa shape index (κ1) is 16.2. The van der Waals surface area contributed by atoms with E-state index in [2.05, 4.69) is 13.8 Å². The molecule has 0 radical (unpaired) electrons. The normalized spacial score (nSPS) is 10.9. The third-order valence-electron chi connectivity index (χ3n) is 4.06. The quantitative estimate of drug-likeness (QED) is 0.680. The van der Waals surface area contributed by atoms with Gasteiger partial charge in [-0.05, 0) is 25.0 Å². The lowest BCUT2D eigenvalue weighted by Crippen LogP contribution is -2.33. The van der Waals surface area contributed by atoms with Crippen molar-refractivity contribution < 1.29 is 4.79 Å². The van der Waals surface area contributed by atoms with Crippen LogP contribution in [-0.4, -0.2) is 33.3 Å². The standard InChI is InChI=1S/C20H23N3O/c1-3-12-22(13-4-2)20(24)17-15-23-14-8-11-18(23)19(21-17)16-9-6-5-7-10-16/h5-11,14-15H,3-4,12-13H2,1-2H3. The molecule has 24 heavy (non-hydrogen) atoms. The Kier molecular flexibility index (Phi) is 4.94. The molecule has 1 aromatic carbocycles. The van der Waals surface area contributed by atoms with Crippen LogP contribution in [0.3, 0.4) is 0 Å². The van der Waals surface area contributed by atoms with E-state index in [1.54, 1.807) is 0 Å². The van der Waals surface area contributed by atoms with Gasteiger partial charge in [0.15, 0.2) is 0 Å². The average molecular weight is 321 g/mol. The SMILES string of the molecule is CCCN(CCC)C(=O)c1cn2cccc2c(-c2ccccc2)n1. The van der Waals surface area contributed by atoms with E-state index in [0.29, 0.717) is 5.69 Å². The van der Waals surface area contributed by atoms with Crippen LogP contribution in [0.25, 0.3) is 16.8 Å². The first-order valence-electron chi connectivity index (χ1n) is 8.57. The third kappa shape index (κ3) is 3.18. The second-order valence-electron chi connectivity index (χ2n) is 5.93. The molecule has 2 heterocycles. The van der Waals surface area contributed by atoms with Crippen molar-refractivity contribution >= 4 is 11.4 Å². The lowest BCUT2D eigenvalue weighted by molar-refractivity contribution is 0.0749. The Labute approximate surface area is 142 Å². The molecule has 0 unspecified atom stereocenters. The minimum atomic E-state index is 0.00600. The number of benzene rings is 1. The zero-order valence-electron chi connectivity index (χ0n) is 14.3. The summed E-state index contributed by atoms with van der Waals surface area (Å²) in [6, 6.07) is 14.0. The van der Waals surface area contributed by atoms with E-state index in [9.17, 15) is 4.79 Å². The van der Waals surface area contributed by atoms with E-state index >= 15 is 0 Å². The van der Waals surface area contributed by atoms with Gasteiger partial charge in [-0.1, -0.05) is 44.2 Å². The predicted molar refractivity (Wildman–Crippen MR) is 97.1 cm³/mol. The molecule has 0 aliphatic carbocycles. The monoisotopic (exact) mass is 321 g/mol. The Bertz CT molecular complexity index is 817. The van der Waals surface area contributed by atoms with E-state index in [0.717, 1.165) is 42.7 Å². The molecule has 0 N–H and O–H groups in total. The summed E-state index contributed by atoms with van der Waals surface area (Å²) in [7, 11) is 0. The summed E-state index contributed by atoms with van der Waals surface area (Å²) in [4.78, 5) is 19.5. The Balaban J connectivity index is 2.07. The molecule has 0 saturated heterocycles. The summed E-state index contributed by atoms with van der Waals surface area (Å²) < 4.78 is 1.98. The molecular weight excluding hydrogens is 298 g/mol. The highest BCUT2D eigenvalue weighted by Gasteiger charge is 2.18. The number of hydrogen-bond donors (Lipinski definition) is 0. The van der Waals surface area contributed by atoms with Crippen molar-refractivity contribution in [3.63, 3.8) is 0 Å². The average Bonchev–Trinajstić information content (AvgIpc) is 3.09. The van der Waals surface area contributed by atoms with Crippen LogP contribution >= 0.6 is 0 Å². The summed E-state index contributed by atoms with van der Waals surface area (Å²) in [5.41, 5.74) is 3.38. The zero-order valence-corrected chi connectivity index (χ0v) is 14.3. The summed E-state index contributed by atoms with van der Waals surface area (Å²) in [6.07, 6.45) is 5.69. The van der Waals surface area contributed by atoms with Gasteiger partial charge in [0.05, 0.1) is 11.2 Å². The molecule has 3 rings (SSSR count). The Hall–Kier alpha value is -2.62. The molecule has 124 valence electrons. The fourth-order valence-electron chi connectivity index (χ4n) is 2.97. The molecular formula is C20H23N3O. The van der Waals surface area contributed by atoms with Crippen LogP contribution < -0.4 is 0 Å². The maximum Gasteiger partial charge on any atom is 0.274 e. The first-order chi connectivity index (χ1) is 11.7. The predicted octanol–water partition coefficient (Wildman–Crippen LogP) is 4.26. The largest absolute Gasteiger partial charge is 0.337 e. The van der Waals surface area contributed by atoms with Gasteiger partial charge < -0.3 is 9.30 Å². The molecule has 3 aromatic rings.